The highest BCUT2D eigenvalue weighted by Gasteiger charge is 2.15. The highest BCUT2D eigenvalue weighted by Crippen LogP contribution is 2.25. The smallest absolute Gasteiger partial charge is 0.111 e. The van der Waals surface area contributed by atoms with E-state index in [0.29, 0.717) is 12.0 Å². The highest BCUT2D eigenvalue weighted by molar-refractivity contribution is 5.00. The Hall–Kier alpha value is -0.790. The van der Waals surface area contributed by atoms with Gasteiger partial charge in [-0.05, 0) is 19.8 Å². The lowest BCUT2D eigenvalue weighted by Gasteiger charge is -2.20. The van der Waals surface area contributed by atoms with Gasteiger partial charge in [-0.3, -0.25) is 0 Å². The second-order valence-corrected chi connectivity index (χ2v) is 8.76. The predicted molar refractivity (Wildman–Crippen MR) is 121 cm³/mol. The molecular formula is C25H48N2. The van der Waals surface area contributed by atoms with E-state index in [9.17, 15) is 0 Å². The summed E-state index contributed by atoms with van der Waals surface area (Å²) in [5.74, 6) is 1.90. The number of hydrogen-bond donors (Lipinski definition) is 0. The van der Waals surface area contributed by atoms with Crippen LogP contribution in [0.4, 0.5) is 0 Å². The molecule has 0 aliphatic rings. The van der Waals surface area contributed by atoms with E-state index in [2.05, 4.69) is 38.5 Å². The van der Waals surface area contributed by atoms with E-state index in [4.69, 9.17) is 4.98 Å². The minimum absolute atomic E-state index is 0.590. The maximum atomic E-state index is 4.71. The Labute approximate surface area is 170 Å². The van der Waals surface area contributed by atoms with Crippen molar-refractivity contribution in [3.63, 3.8) is 0 Å². The topological polar surface area (TPSA) is 17.8 Å². The predicted octanol–water partition coefficient (Wildman–Crippen LogP) is 8.83. The van der Waals surface area contributed by atoms with Gasteiger partial charge in [0.15, 0.2) is 0 Å². The number of imidazole rings is 1. The lowest BCUT2D eigenvalue weighted by molar-refractivity contribution is 0.438. The van der Waals surface area contributed by atoms with Gasteiger partial charge < -0.3 is 4.57 Å². The Kier molecular flexibility index (Phi) is 14.5. The molecule has 0 aliphatic heterocycles. The normalized spacial score (nSPS) is 13.8. The fourth-order valence-electron chi connectivity index (χ4n) is 4.15. The largest absolute Gasteiger partial charge is 0.332 e. The van der Waals surface area contributed by atoms with Crippen molar-refractivity contribution in [2.24, 2.45) is 0 Å². The molecule has 2 nitrogen and oxygen atoms in total. The summed E-state index contributed by atoms with van der Waals surface area (Å²) >= 11 is 0. The molecule has 158 valence electrons. The molecule has 1 heterocycles. The van der Waals surface area contributed by atoms with Crippen LogP contribution in [0.25, 0.3) is 0 Å². The zero-order valence-corrected chi connectivity index (χ0v) is 19.0. The number of nitrogens with zero attached hydrogens (tertiary/aromatic N) is 2. The monoisotopic (exact) mass is 376 g/mol. The molecule has 1 aromatic rings. The maximum absolute atomic E-state index is 4.71. The van der Waals surface area contributed by atoms with Crippen molar-refractivity contribution in [1.82, 2.24) is 9.55 Å². The average molecular weight is 377 g/mol. The van der Waals surface area contributed by atoms with Gasteiger partial charge in [0.1, 0.15) is 5.82 Å². The van der Waals surface area contributed by atoms with Gasteiger partial charge >= 0.3 is 0 Å². The van der Waals surface area contributed by atoms with Crippen LogP contribution in [-0.2, 0) is 0 Å². The molecule has 0 saturated carbocycles. The quantitative estimate of drug-likeness (QED) is 0.234. The first-order valence-corrected chi connectivity index (χ1v) is 12.2. The van der Waals surface area contributed by atoms with E-state index in [0.717, 1.165) is 0 Å². The zero-order valence-electron chi connectivity index (χ0n) is 19.0. The molecule has 2 atom stereocenters. The summed E-state index contributed by atoms with van der Waals surface area (Å²) in [4.78, 5) is 4.71. The van der Waals surface area contributed by atoms with Gasteiger partial charge in [0, 0.05) is 24.4 Å². The number of rotatable bonds is 18. The van der Waals surface area contributed by atoms with E-state index in [1.165, 1.54) is 109 Å². The Balaban J connectivity index is 2.16. The molecule has 0 aromatic carbocycles. The molecular weight excluding hydrogens is 328 g/mol. The SMILES string of the molecule is CCCCCCCCCCCCC(C)c1nccn1C(C)CCCCCC. The molecule has 0 radical (unpaired) electrons. The second-order valence-electron chi connectivity index (χ2n) is 8.76. The molecule has 0 spiro atoms. The van der Waals surface area contributed by atoms with E-state index in [1.807, 2.05) is 6.20 Å². The van der Waals surface area contributed by atoms with Crippen LogP contribution >= 0.6 is 0 Å². The van der Waals surface area contributed by atoms with Crippen LogP contribution in [0.1, 0.15) is 148 Å². The van der Waals surface area contributed by atoms with Gasteiger partial charge in [0.05, 0.1) is 0 Å². The van der Waals surface area contributed by atoms with E-state index >= 15 is 0 Å². The molecule has 2 unspecified atom stereocenters. The van der Waals surface area contributed by atoms with Crippen molar-refractivity contribution in [1.29, 1.82) is 0 Å². The molecule has 0 fully saturated rings. The van der Waals surface area contributed by atoms with Crippen LogP contribution in [0.5, 0.6) is 0 Å². The second kappa shape index (κ2) is 16.2. The van der Waals surface area contributed by atoms with E-state index in [-0.39, 0.29) is 0 Å². The lowest BCUT2D eigenvalue weighted by Crippen LogP contribution is -2.11. The number of hydrogen-bond acceptors (Lipinski definition) is 1. The number of aromatic nitrogens is 2. The molecule has 0 bridgehead atoms. The van der Waals surface area contributed by atoms with Crippen LogP contribution in [0.2, 0.25) is 0 Å². The first-order valence-electron chi connectivity index (χ1n) is 12.2. The maximum Gasteiger partial charge on any atom is 0.111 e. The van der Waals surface area contributed by atoms with Crippen LogP contribution in [0.3, 0.4) is 0 Å². The summed E-state index contributed by atoms with van der Waals surface area (Å²) in [5.41, 5.74) is 0. The molecule has 0 aliphatic carbocycles. The summed E-state index contributed by atoms with van der Waals surface area (Å²) in [6, 6.07) is 0.592. The summed E-state index contributed by atoms with van der Waals surface area (Å²) < 4.78 is 2.45. The molecule has 2 heteroatoms. The third-order valence-electron chi connectivity index (χ3n) is 6.08. The standard InChI is InChI=1S/C25H48N2/c1-5-7-9-11-12-13-14-15-16-17-19-23(3)25-26-21-22-27(25)24(4)20-18-10-8-6-2/h21-24H,5-20H2,1-4H3. The molecule has 0 amide bonds. The van der Waals surface area contributed by atoms with Crippen molar-refractivity contribution in [3.05, 3.63) is 18.2 Å². The summed E-state index contributed by atoms with van der Waals surface area (Å²) in [6.45, 7) is 9.31. The average Bonchev–Trinajstić information content (AvgIpc) is 3.16. The third-order valence-corrected chi connectivity index (χ3v) is 6.08. The molecule has 1 rings (SSSR count). The van der Waals surface area contributed by atoms with Gasteiger partial charge in [0.2, 0.25) is 0 Å². The van der Waals surface area contributed by atoms with E-state index in [1.54, 1.807) is 0 Å². The van der Waals surface area contributed by atoms with E-state index < -0.39 is 0 Å². The molecule has 27 heavy (non-hydrogen) atoms. The zero-order chi connectivity index (χ0) is 19.7. The minimum atomic E-state index is 0.590. The first kappa shape index (κ1) is 24.2. The van der Waals surface area contributed by atoms with Crippen molar-refractivity contribution in [3.8, 4) is 0 Å². The van der Waals surface area contributed by atoms with Crippen molar-refractivity contribution < 1.29 is 0 Å². The third kappa shape index (κ3) is 11.0. The summed E-state index contributed by atoms with van der Waals surface area (Å²) in [6.07, 6.45) is 26.4. The summed E-state index contributed by atoms with van der Waals surface area (Å²) in [5, 5.41) is 0. The Morgan fingerprint density at radius 1 is 0.704 bits per heavy atom. The Morgan fingerprint density at radius 2 is 1.19 bits per heavy atom. The molecule has 0 N–H and O–H groups in total. The van der Waals surface area contributed by atoms with Crippen LogP contribution in [0.15, 0.2) is 12.4 Å². The Bertz CT molecular complexity index is 437. The summed E-state index contributed by atoms with van der Waals surface area (Å²) in [7, 11) is 0. The van der Waals surface area contributed by atoms with Crippen LogP contribution < -0.4 is 0 Å². The van der Waals surface area contributed by atoms with Gasteiger partial charge in [-0.2, -0.15) is 0 Å². The fraction of sp³-hybridized carbons (Fsp3) is 0.880. The lowest BCUT2D eigenvalue weighted by atomic mass is 10.00. The van der Waals surface area contributed by atoms with Crippen molar-refractivity contribution >= 4 is 0 Å². The minimum Gasteiger partial charge on any atom is -0.332 e. The Morgan fingerprint density at radius 3 is 1.78 bits per heavy atom. The van der Waals surface area contributed by atoms with Crippen molar-refractivity contribution in [2.45, 2.75) is 142 Å². The van der Waals surface area contributed by atoms with Crippen molar-refractivity contribution in [2.75, 3.05) is 0 Å². The van der Waals surface area contributed by atoms with Crippen LogP contribution in [-0.4, -0.2) is 9.55 Å². The molecule has 0 saturated heterocycles. The number of unbranched alkanes of at least 4 members (excludes halogenated alkanes) is 12. The first-order chi connectivity index (χ1) is 13.2. The fourth-order valence-corrected chi connectivity index (χ4v) is 4.15. The van der Waals surface area contributed by atoms with Gasteiger partial charge in [-0.25, -0.2) is 4.98 Å². The molecule has 1 aromatic heterocycles. The highest BCUT2D eigenvalue weighted by atomic mass is 15.1. The van der Waals surface area contributed by atoms with Crippen LogP contribution in [0, 0.1) is 0 Å². The van der Waals surface area contributed by atoms with Gasteiger partial charge in [0.25, 0.3) is 0 Å². The van der Waals surface area contributed by atoms with Gasteiger partial charge in [-0.15, -0.1) is 0 Å². The van der Waals surface area contributed by atoms with Gasteiger partial charge in [-0.1, -0.05) is 111 Å².